The molecule has 0 radical (unpaired) electrons. The van der Waals surface area contributed by atoms with E-state index < -0.39 is 40.0 Å². The highest BCUT2D eigenvalue weighted by Gasteiger charge is 2.35. The SMILES string of the molecule is O=[N+]([O-])c1c(Cl)cc(OC(F)(F)F)nc1C(F)F. The largest absolute Gasteiger partial charge is 0.574 e. The van der Waals surface area contributed by atoms with E-state index in [0.29, 0.717) is 6.07 Å². The third-order valence-electron chi connectivity index (χ3n) is 1.56. The molecule has 0 saturated heterocycles. The van der Waals surface area contributed by atoms with Gasteiger partial charge in [0.15, 0.2) is 5.69 Å². The zero-order chi connectivity index (χ0) is 14.1. The predicted molar refractivity (Wildman–Crippen MR) is 47.5 cm³/mol. The van der Waals surface area contributed by atoms with E-state index in [2.05, 4.69) is 9.72 Å². The number of hydrogen-bond acceptors (Lipinski definition) is 4. The maximum Gasteiger partial charge on any atom is 0.574 e. The van der Waals surface area contributed by atoms with E-state index in [0.717, 1.165) is 0 Å². The standard InChI is InChI=1S/C7H2ClF5N2O3/c8-2-1-3(18-7(11,12)13)14-4(6(9)10)5(2)15(16)17/h1,6H. The van der Waals surface area contributed by atoms with Crippen LogP contribution in [0.15, 0.2) is 6.07 Å². The number of nitro groups is 1. The van der Waals surface area contributed by atoms with Gasteiger partial charge in [0.2, 0.25) is 5.88 Å². The van der Waals surface area contributed by atoms with Crippen LogP contribution in [0, 0.1) is 10.1 Å². The molecule has 0 aliphatic carbocycles. The normalized spacial score (nSPS) is 11.7. The fourth-order valence-electron chi connectivity index (χ4n) is 1.01. The molecule has 1 heterocycles. The third-order valence-corrected chi connectivity index (χ3v) is 1.85. The smallest absolute Gasteiger partial charge is 0.388 e. The van der Waals surface area contributed by atoms with Gasteiger partial charge in [-0.15, -0.1) is 13.2 Å². The second-order valence-corrected chi connectivity index (χ2v) is 3.19. The lowest BCUT2D eigenvalue weighted by molar-refractivity contribution is -0.386. The van der Waals surface area contributed by atoms with Gasteiger partial charge in [0.25, 0.3) is 6.43 Å². The fourth-order valence-corrected chi connectivity index (χ4v) is 1.27. The molecule has 0 aromatic carbocycles. The molecule has 0 aliphatic heterocycles. The van der Waals surface area contributed by atoms with Gasteiger partial charge in [-0.1, -0.05) is 11.6 Å². The molecule has 0 N–H and O–H groups in total. The molecule has 1 rings (SSSR count). The van der Waals surface area contributed by atoms with Gasteiger partial charge in [-0.3, -0.25) is 10.1 Å². The molecule has 18 heavy (non-hydrogen) atoms. The summed E-state index contributed by atoms with van der Waals surface area (Å²) in [5.74, 6) is -1.30. The van der Waals surface area contributed by atoms with Crippen LogP contribution in [0.5, 0.6) is 5.88 Å². The van der Waals surface area contributed by atoms with Crippen molar-refractivity contribution in [3.05, 3.63) is 26.9 Å². The zero-order valence-electron chi connectivity index (χ0n) is 8.04. The number of halogens is 6. The van der Waals surface area contributed by atoms with Crippen molar-refractivity contribution in [3.8, 4) is 5.88 Å². The average Bonchev–Trinajstić information content (AvgIpc) is 2.12. The number of alkyl halides is 5. The lowest BCUT2D eigenvalue weighted by atomic mass is 10.3. The van der Waals surface area contributed by atoms with Crippen molar-refractivity contribution in [1.29, 1.82) is 0 Å². The molecule has 5 nitrogen and oxygen atoms in total. The van der Waals surface area contributed by atoms with E-state index in [-0.39, 0.29) is 0 Å². The van der Waals surface area contributed by atoms with Gasteiger partial charge in [-0.05, 0) is 0 Å². The summed E-state index contributed by atoms with van der Waals surface area (Å²) in [5.41, 5.74) is -2.76. The van der Waals surface area contributed by atoms with Crippen molar-refractivity contribution in [2.24, 2.45) is 0 Å². The van der Waals surface area contributed by atoms with E-state index in [1.54, 1.807) is 0 Å². The zero-order valence-corrected chi connectivity index (χ0v) is 8.80. The quantitative estimate of drug-likeness (QED) is 0.486. The summed E-state index contributed by atoms with van der Waals surface area (Å²) in [6.45, 7) is 0. The van der Waals surface area contributed by atoms with Crippen molar-refractivity contribution < 1.29 is 31.6 Å². The monoisotopic (exact) mass is 292 g/mol. The summed E-state index contributed by atoms with van der Waals surface area (Å²) in [4.78, 5) is 11.9. The molecular formula is C7H2ClF5N2O3. The molecule has 1 aromatic rings. The predicted octanol–water partition coefficient (Wildman–Crippen LogP) is 3.48. The highest BCUT2D eigenvalue weighted by molar-refractivity contribution is 6.32. The average molecular weight is 293 g/mol. The van der Waals surface area contributed by atoms with Crippen molar-refractivity contribution in [2.75, 3.05) is 0 Å². The van der Waals surface area contributed by atoms with Crippen LogP contribution in [0.1, 0.15) is 12.1 Å². The molecule has 11 heteroatoms. The Bertz CT molecular complexity index is 479. The summed E-state index contributed by atoms with van der Waals surface area (Å²) < 4.78 is 63.6. The van der Waals surface area contributed by atoms with Crippen LogP contribution in [0.4, 0.5) is 27.6 Å². The van der Waals surface area contributed by atoms with Crippen LogP contribution >= 0.6 is 11.6 Å². The van der Waals surface area contributed by atoms with Gasteiger partial charge in [-0.25, -0.2) is 13.8 Å². The molecule has 1 aromatic heterocycles. The molecule has 0 atom stereocenters. The van der Waals surface area contributed by atoms with Crippen LogP contribution in [-0.2, 0) is 0 Å². The Morgan fingerprint density at radius 2 is 2.00 bits per heavy atom. The lowest BCUT2D eigenvalue weighted by Gasteiger charge is -2.10. The van der Waals surface area contributed by atoms with Crippen molar-refractivity contribution in [2.45, 2.75) is 12.8 Å². The van der Waals surface area contributed by atoms with E-state index in [4.69, 9.17) is 11.6 Å². The summed E-state index contributed by atoms with van der Waals surface area (Å²) >= 11 is 5.24. The molecule has 100 valence electrons. The number of pyridine rings is 1. The van der Waals surface area contributed by atoms with Crippen LogP contribution in [0.25, 0.3) is 0 Å². The number of aromatic nitrogens is 1. The molecule has 0 amide bonds. The topological polar surface area (TPSA) is 65.3 Å². The number of ether oxygens (including phenoxy) is 1. The Hall–Kier alpha value is -1.71. The minimum Gasteiger partial charge on any atom is -0.388 e. The van der Waals surface area contributed by atoms with Crippen LogP contribution < -0.4 is 4.74 Å². The first-order chi connectivity index (χ1) is 8.11. The molecule has 0 spiro atoms. The Morgan fingerprint density at radius 3 is 2.39 bits per heavy atom. The highest BCUT2D eigenvalue weighted by Crippen LogP contribution is 2.36. The molecule has 0 aliphatic rings. The number of hydrogen-bond donors (Lipinski definition) is 0. The van der Waals surface area contributed by atoms with E-state index in [9.17, 15) is 32.1 Å². The van der Waals surface area contributed by atoms with Crippen LogP contribution in [0.3, 0.4) is 0 Å². The Balaban J connectivity index is 3.32. The van der Waals surface area contributed by atoms with Gasteiger partial charge >= 0.3 is 12.0 Å². The maximum atomic E-state index is 12.4. The van der Waals surface area contributed by atoms with Gasteiger partial charge in [0.05, 0.1) is 4.92 Å². The van der Waals surface area contributed by atoms with Crippen molar-refractivity contribution >= 4 is 17.3 Å². The molecule has 0 bridgehead atoms. The highest BCUT2D eigenvalue weighted by atomic mass is 35.5. The van der Waals surface area contributed by atoms with E-state index in [1.807, 2.05) is 0 Å². The third kappa shape index (κ3) is 3.39. The van der Waals surface area contributed by atoms with Crippen LogP contribution in [-0.4, -0.2) is 16.3 Å². The number of nitrogens with zero attached hydrogens (tertiary/aromatic N) is 2. The Morgan fingerprint density at radius 1 is 1.44 bits per heavy atom. The fraction of sp³-hybridized carbons (Fsp3) is 0.286. The van der Waals surface area contributed by atoms with Gasteiger partial charge in [-0.2, -0.15) is 0 Å². The minimum atomic E-state index is -5.17. The summed E-state index contributed by atoms with van der Waals surface area (Å²) in [6, 6.07) is 0.332. The summed E-state index contributed by atoms with van der Waals surface area (Å²) in [6.07, 6.45) is -8.65. The van der Waals surface area contributed by atoms with Gasteiger partial charge in [0, 0.05) is 6.07 Å². The first-order valence-electron chi connectivity index (χ1n) is 4.00. The second-order valence-electron chi connectivity index (χ2n) is 2.78. The maximum absolute atomic E-state index is 12.4. The molecular weight excluding hydrogens is 291 g/mol. The van der Waals surface area contributed by atoms with Crippen molar-refractivity contribution in [3.63, 3.8) is 0 Å². The first-order valence-corrected chi connectivity index (χ1v) is 4.38. The summed E-state index contributed by atoms with van der Waals surface area (Å²) in [5, 5.41) is 9.50. The van der Waals surface area contributed by atoms with Crippen molar-refractivity contribution in [1.82, 2.24) is 4.98 Å². The van der Waals surface area contributed by atoms with E-state index >= 15 is 0 Å². The molecule has 0 unspecified atom stereocenters. The lowest BCUT2D eigenvalue weighted by Crippen LogP contribution is -2.18. The second kappa shape index (κ2) is 4.88. The Kier molecular flexibility index (Phi) is 3.89. The van der Waals surface area contributed by atoms with E-state index in [1.165, 1.54) is 0 Å². The van der Waals surface area contributed by atoms with Gasteiger partial charge in [0.1, 0.15) is 5.02 Å². The Labute approximate surface area is 100 Å². The molecule has 0 fully saturated rings. The van der Waals surface area contributed by atoms with Crippen LogP contribution in [0.2, 0.25) is 5.02 Å². The minimum absolute atomic E-state index is 0.332. The summed E-state index contributed by atoms with van der Waals surface area (Å²) in [7, 11) is 0. The first kappa shape index (κ1) is 14.4. The number of rotatable bonds is 3. The van der Waals surface area contributed by atoms with Gasteiger partial charge < -0.3 is 4.74 Å². The molecule has 0 saturated carbocycles.